The van der Waals surface area contributed by atoms with Crippen LogP contribution in [0.1, 0.15) is 49.9 Å². The molecule has 1 aromatic rings. The molecule has 21 heavy (non-hydrogen) atoms. The van der Waals surface area contributed by atoms with Crippen molar-refractivity contribution in [1.29, 1.82) is 0 Å². The van der Waals surface area contributed by atoms with E-state index in [9.17, 15) is 9.90 Å². The number of aliphatic hydroxyl groups is 1. The summed E-state index contributed by atoms with van der Waals surface area (Å²) in [5.74, 6) is 0.0424. The summed E-state index contributed by atoms with van der Waals surface area (Å²) in [7, 11) is -0.569. The van der Waals surface area contributed by atoms with Crippen LogP contribution >= 0.6 is 11.3 Å². The van der Waals surface area contributed by atoms with Gasteiger partial charge >= 0.3 is 7.12 Å². The average molecular weight is 308 g/mol. The number of carbonyl (C=O) groups is 1. The maximum absolute atomic E-state index is 11.3. The molecule has 0 aliphatic carbocycles. The first-order valence-corrected chi connectivity index (χ1v) is 7.81. The van der Waals surface area contributed by atoms with Crippen molar-refractivity contribution in [2.24, 2.45) is 0 Å². The van der Waals surface area contributed by atoms with Gasteiger partial charge in [-0.05, 0) is 57.1 Å². The van der Waals surface area contributed by atoms with E-state index in [1.165, 1.54) is 11.3 Å². The molecule has 1 saturated heterocycles. The molecule has 0 saturated carbocycles. The lowest BCUT2D eigenvalue weighted by Crippen LogP contribution is -2.41. The molecule has 4 nitrogen and oxygen atoms in total. The summed E-state index contributed by atoms with van der Waals surface area (Å²) in [6, 6.07) is 1.81. The molecule has 0 amide bonds. The molecule has 0 spiro atoms. The SMILES string of the molecule is CC(=O)c1cc(C=C(CO)B2OC(C)(C)C(C)(C)O2)cs1. The fourth-order valence-corrected chi connectivity index (χ4v) is 2.78. The molecule has 0 unspecified atom stereocenters. The fraction of sp³-hybridized carbons (Fsp3) is 0.533. The largest absolute Gasteiger partial charge is 0.492 e. The van der Waals surface area contributed by atoms with Crippen molar-refractivity contribution in [3.63, 3.8) is 0 Å². The highest BCUT2D eigenvalue weighted by atomic mass is 32.1. The van der Waals surface area contributed by atoms with Gasteiger partial charge in [-0.2, -0.15) is 0 Å². The molecule has 1 aliphatic rings. The monoisotopic (exact) mass is 308 g/mol. The third-order valence-corrected chi connectivity index (χ3v) is 5.11. The highest BCUT2D eigenvalue weighted by Gasteiger charge is 2.52. The van der Waals surface area contributed by atoms with Crippen LogP contribution < -0.4 is 0 Å². The van der Waals surface area contributed by atoms with Gasteiger partial charge in [0.2, 0.25) is 0 Å². The van der Waals surface area contributed by atoms with Crippen molar-refractivity contribution in [3.8, 4) is 0 Å². The third kappa shape index (κ3) is 3.29. The Kier molecular flexibility index (Phi) is 4.45. The van der Waals surface area contributed by atoms with Gasteiger partial charge in [-0.15, -0.1) is 11.3 Å². The van der Waals surface area contributed by atoms with E-state index in [2.05, 4.69) is 0 Å². The normalized spacial score (nSPS) is 20.9. The van der Waals surface area contributed by atoms with Gasteiger partial charge in [0.1, 0.15) is 0 Å². The Bertz CT molecular complexity index is 558. The Morgan fingerprint density at radius 2 is 1.90 bits per heavy atom. The van der Waals surface area contributed by atoms with Gasteiger partial charge in [-0.3, -0.25) is 4.79 Å². The van der Waals surface area contributed by atoms with Crippen LogP contribution in [0.25, 0.3) is 6.08 Å². The number of hydrogen-bond acceptors (Lipinski definition) is 5. The minimum Gasteiger partial charge on any atom is -0.400 e. The molecule has 114 valence electrons. The van der Waals surface area contributed by atoms with Gasteiger partial charge in [-0.25, -0.2) is 0 Å². The van der Waals surface area contributed by atoms with Gasteiger partial charge in [0.05, 0.1) is 22.7 Å². The highest BCUT2D eigenvalue weighted by molar-refractivity contribution is 7.12. The van der Waals surface area contributed by atoms with E-state index in [1.54, 1.807) is 6.92 Å². The van der Waals surface area contributed by atoms with E-state index in [4.69, 9.17) is 9.31 Å². The lowest BCUT2D eigenvalue weighted by Gasteiger charge is -2.32. The van der Waals surface area contributed by atoms with Gasteiger partial charge in [0.25, 0.3) is 0 Å². The van der Waals surface area contributed by atoms with E-state index in [-0.39, 0.29) is 12.4 Å². The lowest BCUT2D eigenvalue weighted by molar-refractivity contribution is 0.00578. The molecular weight excluding hydrogens is 287 g/mol. The number of aliphatic hydroxyl groups excluding tert-OH is 1. The molecule has 0 radical (unpaired) electrons. The van der Waals surface area contributed by atoms with Crippen molar-refractivity contribution in [2.75, 3.05) is 6.61 Å². The van der Waals surface area contributed by atoms with Crippen LogP contribution in [0.4, 0.5) is 0 Å². The number of carbonyl (C=O) groups excluding carboxylic acids is 1. The highest BCUT2D eigenvalue weighted by Crippen LogP contribution is 2.38. The third-order valence-electron chi connectivity index (χ3n) is 4.06. The van der Waals surface area contributed by atoms with E-state index in [0.717, 1.165) is 5.56 Å². The number of thiophene rings is 1. The van der Waals surface area contributed by atoms with Crippen LogP contribution in [-0.4, -0.2) is 35.8 Å². The van der Waals surface area contributed by atoms with Crippen molar-refractivity contribution in [1.82, 2.24) is 0 Å². The van der Waals surface area contributed by atoms with Gasteiger partial charge in [0.15, 0.2) is 5.78 Å². The molecule has 1 aromatic heterocycles. The van der Waals surface area contributed by atoms with Crippen molar-refractivity contribution in [2.45, 2.75) is 45.8 Å². The summed E-state index contributed by atoms with van der Waals surface area (Å²) in [4.78, 5) is 12.0. The summed E-state index contributed by atoms with van der Waals surface area (Å²) in [5, 5.41) is 11.5. The number of hydrogen-bond donors (Lipinski definition) is 1. The predicted molar refractivity (Wildman–Crippen MR) is 85.5 cm³/mol. The Balaban J connectivity index is 2.24. The summed E-state index contributed by atoms with van der Waals surface area (Å²) in [6.45, 7) is 9.28. The molecule has 0 aromatic carbocycles. The first kappa shape index (κ1) is 16.4. The molecular formula is C15H21BO4S. The van der Waals surface area contributed by atoms with Crippen LogP contribution in [0.15, 0.2) is 16.9 Å². The summed E-state index contributed by atoms with van der Waals surface area (Å²) < 4.78 is 11.9. The Morgan fingerprint density at radius 3 is 2.33 bits per heavy atom. The maximum Gasteiger partial charge on any atom is 0.492 e. The van der Waals surface area contributed by atoms with E-state index in [0.29, 0.717) is 10.3 Å². The Labute approximate surface area is 129 Å². The Morgan fingerprint density at radius 1 is 1.33 bits per heavy atom. The van der Waals surface area contributed by atoms with Crippen molar-refractivity contribution >= 4 is 30.3 Å². The van der Waals surface area contributed by atoms with Crippen molar-refractivity contribution in [3.05, 3.63) is 27.4 Å². The molecule has 0 atom stereocenters. The van der Waals surface area contributed by atoms with Crippen LogP contribution in [0.2, 0.25) is 0 Å². The Hall–Kier alpha value is -0.945. The fourth-order valence-electron chi connectivity index (χ4n) is 2.01. The molecule has 1 fully saturated rings. The molecule has 2 rings (SSSR count). The predicted octanol–water partition coefficient (Wildman–Crippen LogP) is 2.96. The van der Waals surface area contributed by atoms with E-state index in [1.807, 2.05) is 45.2 Å². The quantitative estimate of drug-likeness (QED) is 0.686. The van der Waals surface area contributed by atoms with Gasteiger partial charge in [-0.1, -0.05) is 6.08 Å². The summed E-state index contributed by atoms with van der Waals surface area (Å²) in [6.07, 6.45) is 1.82. The second-order valence-electron chi connectivity index (χ2n) is 6.27. The zero-order valence-electron chi connectivity index (χ0n) is 13.1. The van der Waals surface area contributed by atoms with Crippen LogP contribution in [0.5, 0.6) is 0 Å². The zero-order valence-corrected chi connectivity index (χ0v) is 13.9. The standard InChI is InChI=1S/C15H21BO4S/c1-10(18)13-7-11(9-21-13)6-12(8-17)16-19-14(2,3)15(4,5)20-16/h6-7,9,17H,8H2,1-5H3. The summed E-state index contributed by atoms with van der Waals surface area (Å²) >= 11 is 1.39. The average Bonchev–Trinajstić information content (AvgIpc) is 2.90. The zero-order chi connectivity index (χ0) is 15.8. The number of rotatable bonds is 4. The van der Waals surface area contributed by atoms with Crippen LogP contribution in [-0.2, 0) is 9.31 Å². The van der Waals surface area contributed by atoms with Crippen LogP contribution in [0, 0.1) is 0 Å². The molecule has 6 heteroatoms. The number of Topliss-reactive ketones (excluding diaryl/α,β-unsaturated/α-hetero) is 1. The van der Waals surface area contributed by atoms with Gasteiger partial charge < -0.3 is 14.4 Å². The summed E-state index contributed by atoms with van der Waals surface area (Å²) in [5.41, 5.74) is 0.654. The first-order valence-electron chi connectivity index (χ1n) is 6.93. The van der Waals surface area contributed by atoms with Crippen molar-refractivity contribution < 1.29 is 19.2 Å². The lowest BCUT2D eigenvalue weighted by atomic mass is 9.78. The smallest absolute Gasteiger partial charge is 0.400 e. The molecule has 1 aliphatic heterocycles. The second kappa shape index (κ2) is 5.68. The maximum atomic E-state index is 11.3. The number of ketones is 1. The van der Waals surface area contributed by atoms with E-state index >= 15 is 0 Å². The topological polar surface area (TPSA) is 55.8 Å². The minimum absolute atomic E-state index is 0.0424. The first-order chi connectivity index (χ1) is 9.66. The molecule has 1 N–H and O–H groups in total. The molecule has 0 bridgehead atoms. The second-order valence-corrected chi connectivity index (χ2v) is 7.18. The minimum atomic E-state index is -0.569. The van der Waals surface area contributed by atoms with Crippen LogP contribution in [0.3, 0.4) is 0 Å². The van der Waals surface area contributed by atoms with Gasteiger partial charge in [0, 0.05) is 0 Å². The molecule has 2 heterocycles. The van der Waals surface area contributed by atoms with E-state index < -0.39 is 18.3 Å².